The van der Waals surface area contributed by atoms with Gasteiger partial charge in [-0.25, -0.2) is 0 Å². The van der Waals surface area contributed by atoms with E-state index in [9.17, 15) is 18.0 Å². The first-order valence-corrected chi connectivity index (χ1v) is 7.25. The molecule has 2 aromatic heterocycles. The maximum Gasteiger partial charge on any atom is 0.412 e. The maximum atomic E-state index is 13.3. The standard InChI is InChI=1S/C17H12F3N3O2/c18-17(19,20)15(11-5-2-1-3-6-11)22-16(24)13-9-14(25-23-13)12-7-4-8-21-10-12/h1-10,15H,(H,22,24)/t15-/m0/s1. The van der Waals surface area contributed by atoms with E-state index in [1.54, 1.807) is 24.4 Å². The van der Waals surface area contributed by atoms with Crippen molar-refractivity contribution in [2.75, 3.05) is 0 Å². The minimum Gasteiger partial charge on any atom is -0.355 e. The second-order valence-corrected chi connectivity index (χ2v) is 5.18. The molecular formula is C17H12F3N3O2. The van der Waals surface area contributed by atoms with Gasteiger partial charge in [-0.15, -0.1) is 0 Å². The van der Waals surface area contributed by atoms with Gasteiger partial charge in [-0.05, 0) is 17.7 Å². The number of aromatic nitrogens is 2. The Balaban J connectivity index is 1.82. The molecule has 0 bridgehead atoms. The molecule has 0 unspecified atom stereocenters. The summed E-state index contributed by atoms with van der Waals surface area (Å²) in [5, 5.41) is 5.49. The number of halogens is 3. The van der Waals surface area contributed by atoms with E-state index in [2.05, 4.69) is 10.1 Å². The molecule has 0 saturated carbocycles. The molecule has 0 aliphatic heterocycles. The highest BCUT2D eigenvalue weighted by Gasteiger charge is 2.42. The van der Waals surface area contributed by atoms with Crippen LogP contribution in [-0.4, -0.2) is 22.2 Å². The van der Waals surface area contributed by atoms with Gasteiger partial charge in [0.1, 0.15) is 0 Å². The second kappa shape index (κ2) is 6.76. The Bertz CT molecular complexity index is 848. The number of carbonyl (C=O) groups is 1. The topological polar surface area (TPSA) is 68.0 Å². The summed E-state index contributed by atoms with van der Waals surface area (Å²) in [7, 11) is 0. The van der Waals surface area contributed by atoms with Crippen molar-refractivity contribution in [2.24, 2.45) is 0 Å². The Hall–Kier alpha value is -3.16. The zero-order valence-electron chi connectivity index (χ0n) is 12.7. The van der Waals surface area contributed by atoms with E-state index in [4.69, 9.17) is 4.52 Å². The summed E-state index contributed by atoms with van der Waals surface area (Å²) in [6, 6.07) is 9.59. The molecule has 8 heteroatoms. The highest BCUT2D eigenvalue weighted by atomic mass is 19.4. The van der Waals surface area contributed by atoms with E-state index in [1.165, 1.54) is 36.5 Å². The van der Waals surface area contributed by atoms with Crippen LogP contribution in [0.2, 0.25) is 0 Å². The molecule has 1 atom stereocenters. The van der Waals surface area contributed by atoms with Gasteiger partial charge in [0.25, 0.3) is 5.91 Å². The second-order valence-electron chi connectivity index (χ2n) is 5.18. The molecule has 0 radical (unpaired) electrons. The molecule has 0 saturated heterocycles. The average molecular weight is 347 g/mol. The molecule has 0 aliphatic rings. The van der Waals surface area contributed by atoms with Crippen LogP contribution in [0.4, 0.5) is 13.2 Å². The van der Waals surface area contributed by atoms with Gasteiger partial charge in [0, 0.05) is 24.0 Å². The van der Waals surface area contributed by atoms with Gasteiger partial charge in [0.15, 0.2) is 17.5 Å². The van der Waals surface area contributed by atoms with E-state index in [0.29, 0.717) is 5.56 Å². The lowest BCUT2D eigenvalue weighted by molar-refractivity contribution is -0.155. The normalized spacial score (nSPS) is 12.6. The van der Waals surface area contributed by atoms with E-state index in [0.717, 1.165) is 0 Å². The van der Waals surface area contributed by atoms with E-state index in [-0.39, 0.29) is 17.0 Å². The molecule has 5 nitrogen and oxygen atoms in total. The molecule has 25 heavy (non-hydrogen) atoms. The van der Waals surface area contributed by atoms with Crippen LogP contribution in [0.3, 0.4) is 0 Å². The third-order valence-corrected chi connectivity index (χ3v) is 3.42. The van der Waals surface area contributed by atoms with Crippen LogP contribution in [0.5, 0.6) is 0 Å². The van der Waals surface area contributed by atoms with Gasteiger partial charge in [-0.1, -0.05) is 35.5 Å². The smallest absolute Gasteiger partial charge is 0.355 e. The van der Waals surface area contributed by atoms with Gasteiger partial charge in [-0.3, -0.25) is 9.78 Å². The molecule has 3 aromatic rings. The van der Waals surface area contributed by atoms with Crippen LogP contribution >= 0.6 is 0 Å². The minimum absolute atomic E-state index is 0.0701. The monoisotopic (exact) mass is 347 g/mol. The number of alkyl halides is 3. The summed E-state index contributed by atoms with van der Waals surface area (Å²) >= 11 is 0. The molecular weight excluding hydrogens is 335 g/mol. The molecule has 2 heterocycles. The van der Waals surface area contributed by atoms with Crippen LogP contribution in [0, 0.1) is 0 Å². The Kier molecular flexibility index (Phi) is 4.51. The van der Waals surface area contributed by atoms with E-state index >= 15 is 0 Å². The summed E-state index contributed by atoms with van der Waals surface area (Å²) in [4.78, 5) is 16.1. The fourth-order valence-electron chi connectivity index (χ4n) is 2.23. The maximum absolute atomic E-state index is 13.3. The Morgan fingerprint density at radius 3 is 2.52 bits per heavy atom. The Labute approximate surface area is 140 Å². The lowest BCUT2D eigenvalue weighted by atomic mass is 10.1. The predicted molar refractivity (Wildman–Crippen MR) is 82.4 cm³/mol. The molecule has 1 aromatic carbocycles. The number of benzene rings is 1. The summed E-state index contributed by atoms with van der Waals surface area (Å²) < 4.78 is 44.9. The van der Waals surface area contributed by atoms with Crippen molar-refractivity contribution in [3.63, 3.8) is 0 Å². The Morgan fingerprint density at radius 2 is 1.88 bits per heavy atom. The number of nitrogens with one attached hydrogen (secondary N) is 1. The van der Waals surface area contributed by atoms with Crippen LogP contribution in [0.1, 0.15) is 22.1 Å². The predicted octanol–water partition coefficient (Wildman–Crippen LogP) is 3.77. The number of amides is 1. The number of rotatable bonds is 4. The van der Waals surface area contributed by atoms with Crippen molar-refractivity contribution in [2.45, 2.75) is 12.2 Å². The molecule has 0 aliphatic carbocycles. The summed E-state index contributed by atoms with van der Waals surface area (Å²) in [6.45, 7) is 0. The number of hydrogen-bond donors (Lipinski definition) is 1. The van der Waals surface area contributed by atoms with Gasteiger partial charge >= 0.3 is 6.18 Å². The van der Waals surface area contributed by atoms with Crippen molar-refractivity contribution in [3.05, 3.63) is 72.2 Å². The lowest BCUT2D eigenvalue weighted by Gasteiger charge is -2.21. The minimum atomic E-state index is -4.65. The first-order valence-electron chi connectivity index (χ1n) is 7.25. The number of pyridine rings is 1. The number of nitrogens with zero attached hydrogens (tertiary/aromatic N) is 2. The van der Waals surface area contributed by atoms with Crippen molar-refractivity contribution in [3.8, 4) is 11.3 Å². The van der Waals surface area contributed by atoms with Crippen molar-refractivity contribution < 1.29 is 22.5 Å². The van der Waals surface area contributed by atoms with Crippen LogP contribution in [0.25, 0.3) is 11.3 Å². The Morgan fingerprint density at radius 1 is 1.12 bits per heavy atom. The van der Waals surface area contributed by atoms with Crippen LogP contribution in [0.15, 0.2) is 65.4 Å². The third-order valence-electron chi connectivity index (χ3n) is 3.42. The molecule has 0 spiro atoms. The van der Waals surface area contributed by atoms with Gasteiger partial charge < -0.3 is 9.84 Å². The third kappa shape index (κ3) is 3.85. The molecule has 3 rings (SSSR count). The zero-order valence-corrected chi connectivity index (χ0v) is 12.7. The van der Waals surface area contributed by atoms with E-state index in [1.807, 2.05) is 5.32 Å². The van der Waals surface area contributed by atoms with Gasteiger partial charge in [0.2, 0.25) is 0 Å². The first-order chi connectivity index (χ1) is 11.9. The van der Waals surface area contributed by atoms with Crippen molar-refractivity contribution in [1.82, 2.24) is 15.5 Å². The van der Waals surface area contributed by atoms with Crippen LogP contribution < -0.4 is 5.32 Å². The average Bonchev–Trinajstić information content (AvgIpc) is 3.10. The van der Waals surface area contributed by atoms with Gasteiger partial charge in [0.05, 0.1) is 0 Å². The molecule has 0 fully saturated rings. The molecule has 1 N–H and O–H groups in total. The number of carbonyl (C=O) groups excluding carboxylic acids is 1. The molecule has 1 amide bonds. The quantitative estimate of drug-likeness (QED) is 0.780. The largest absolute Gasteiger partial charge is 0.412 e. The first kappa shape index (κ1) is 16.7. The fraction of sp³-hybridized carbons (Fsp3) is 0.118. The molecule has 128 valence electrons. The van der Waals surface area contributed by atoms with Crippen LogP contribution in [-0.2, 0) is 0 Å². The van der Waals surface area contributed by atoms with Crippen molar-refractivity contribution >= 4 is 5.91 Å². The fourth-order valence-corrected chi connectivity index (χ4v) is 2.23. The number of hydrogen-bond acceptors (Lipinski definition) is 4. The van der Waals surface area contributed by atoms with Crippen molar-refractivity contribution in [1.29, 1.82) is 0 Å². The zero-order chi connectivity index (χ0) is 17.9. The summed E-state index contributed by atoms with van der Waals surface area (Å²) in [5.41, 5.74) is 0.243. The summed E-state index contributed by atoms with van der Waals surface area (Å²) in [6.07, 6.45) is -1.60. The summed E-state index contributed by atoms with van der Waals surface area (Å²) in [5.74, 6) is -0.744. The highest BCUT2D eigenvalue weighted by Crippen LogP contribution is 2.32. The SMILES string of the molecule is O=C(N[C@@H](c1ccccc1)C(F)(F)F)c1cc(-c2cccnc2)on1. The van der Waals surface area contributed by atoms with E-state index < -0.39 is 18.1 Å². The highest BCUT2D eigenvalue weighted by molar-refractivity contribution is 5.93. The van der Waals surface area contributed by atoms with Gasteiger partial charge in [-0.2, -0.15) is 13.2 Å². The lowest BCUT2D eigenvalue weighted by Crippen LogP contribution is -2.38.